The Morgan fingerprint density at radius 1 is 1.43 bits per heavy atom. The van der Waals surface area contributed by atoms with Gasteiger partial charge in [-0.2, -0.15) is 0 Å². The molecule has 2 aromatic heterocycles. The fourth-order valence-corrected chi connectivity index (χ4v) is 3.37. The van der Waals surface area contributed by atoms with Crippen molar-refractivity contribution in [3.63, 3.8) is 0 Å². The van der Waals surface area contributed by atoms with Crippen LogP contribution in [0.2, 0.25) is 0 Å². The Bertz CT molecular complexity index is 657. The number of rotatable bonds is 5. The number of hydrogen-bond acceptors (Lipinski definition) is 8. The molecule has 9 heteroatoms. The van der Waals surface area contributed by atoms with E-state index in [9.17, 15) is 9.50 Å². The number of ether oxygens (including phenoxy) is 1. The predicted octanol–water partition coefficient (Wildman–Crippen LogP) is 4.08. The molecule has 2 aromatic rings. The Labute approximate surface area is 139 Å². The highest BCUT2D eigenvalue weighted by molar-refractivity contribution is 9.05. The molecule has 4 nitrogen and oxygen atoms in total. The molecule has 0 saturated carbocycles. The van der Waals surface area contributed by atoms with Crippen molar-refractivity contribution in [2.24, 2.45) is 0 Å². The number of pyridine rings is 2. The lowest BCUT2D eigenvalue weighted by atomic mass is 10.3. The summed E-state index contributed by atoms with van der Waals surface area (Å²) in [6.07, 6.45) is 1.66. The van der Waals surface area contributed by atoms with E-state index in [1.807, 2.05) is 6.92 Å². The van der Waals surface area contributed by atoms with Crippen LogP contribution in [0.25, 0.3) is 0 Å². The molecule has 0 saturated heterocycles. The highest BCUT2D eigenvalue weighted by atomic mass is 33.5. The van der Waals surface area contributed by atoms with Crippen molar-refractivity contribution < 1.29 is 14.2 Å². The van der Waals surface area contributed by atoms with Crippen LogP contribution in [-0.4, -0.2) is 15.1 Å². The molecule has 0 radical (unpaired) electrons. The van der Waals surface area contributed by atoms with Gasteiger partial charge in [-0.3, -0.25) is 4.98 Å². The molecule has 0 aliphatic rings. The average Bonchev–Trinajstić information content (AvgIpc) is 2.44. The molecule has 0 amide bonds. The van der Waals surface area contributed by atoms with Gasteiger partial charge in [-0.15, -0.1) is 12.6 Å². The number of aromatic hydroxyl groups is 1. The topological polar surface area (TPSA) is 55.2 Å². The van der Waals surface area contributed by atoms with Gasteiger partial charge in [0.2, 0.25) is 5.88 Å². The predicted molar refractivity (Wildman–Crippen MR) is 88.9 cm³/mol. The molecule has 0 bridgehead atoms. The summed E-state index contributed by atoms with van der Waals surface area (Å²) < 4.78 is 19.3. The Hall–Kier alpha value is -0.770. The minimum absolute atomic E-state index is 0.00856. The lowest BCUT2D eigenvalue weighted by molar-refractivity contribution is 0.283. The normalized spacial score (nSPS) is 10.7. The minimum atomic E-state index is -0.582. The Morgan fingerprint density at radius 2 is 2.19 bits per heavy atom. The highest BCUT2D eigenvalue weighted by Gasteiger charge is 2.12. The van der Waals surface area contributed by atoms with Crippen molar-refractivity contribution in [3.8, 4) is 11.6 Å². The standard InChI is InChI=1S/C12H11FN2O2S4/c1-6-2-9(11(4-14-6)20-21-19)17-5-8-7(13)3-10(18)12(16)15-8/h2-4,18-19H,5H2,1H3,(H,15,16). The van der Waals surface area contributed by atoms with Gasteiger partial charge in [0.1, 0.15) is 23.9 Å². The third-order valence-corrected chi connectivity index (χ3v) is 4.79. The minimum Gasteiger partial charge on any atom is -0.492 e. The van der Waals surface area contributed by atoms with Gasteiger partial charge in [0.05, 0.1) is 9.79 Å². The van der Waals surface area contributed by atoms with Gasteiger partial charge in [-0.25, -0.2) is 9.37 Å². The van der Waals surface area contributed by atoms with Crippen molar-refractivity contribution >= 4 is 44.9 Å². The SMILES string of the molecule is Cc1cc(OCc2nc(O)c(S)cc2F)c(SSS)cn1. The van der Waals surface area contributed by atoms with Crippen LogP contribution in [0, 0.1) is 12.7 Å². The van der Waals surface area contributed by atoms with Gasteiger partial charge in [0.15, 0.2) is 0 Å². The van der Waals surface area contributed by atoms with E-state index < -0.39 is 5.82 Å². The first kappa shape index (κ1) is 16.6. The van der Waals surface area contributed by atoms with E-state index in [4.69, 9.17) is 4.74 Å². The van der Waals surface area contributed by atoms with E-state index in [0.717, 1.165) is 16.7 Å². The molecule has 0 spiro atoms. The number of nitrogens with zero attached hydrogens (tertiary/aromatic N) is 2. The molecule has 2 heterocycles. The summed E-state index contributed by atoms with van der Waals surface area (Å²) in [6.45, 7) is 1.72. The largest absolute Gasteiger partial charge is 0.492 e. The lowest BCUT2D eigenvalue weighted by Gasteiger charge is -2.11. The first-order chi connectivity index (χ1) is 10.0. The summed E-state index contributed by atoms with van der Waals surface area (Å²) in [5.74, 6) is -0.351. The number of aromatic nitrogens is 2. The van der Waals surface area contributed by atoms with Crippen LogP contribution in [0.3, 0.4) is 0 Å². The molecule has 0 aliphatic carbocycles. The first-order valence-corrected chi connectivity index (χ1v) is 9.31. The third kappa shape index (κ3) is 4.35. The van der Waals surface area contributed by atoms with Gasteiger partial charge in [-0.1, -0.05) is 11.7 Å². The molecular weight excluding hydrogens is 351 g/mol. The van der Waals surface area contributed by atoms with Gasteiger partial charge in [-0.05, 0) is 33.6 Å². The van der Waals surface area contributed by atoms with Crippen LogP contribution in [0.1, 0.15) is 11.4 Å². The summed E-state index contributed by atoms with van der Waals surface area (Å²) in [5.41, 5.74) is 0.787. The molecule has 0 fully saturated rings. The molecule has 112 valence electrons. The van der Waals surface area contributed by atoms with E-state index in [0.29, 0.717) is 5.75 Å². The summed E-state index contributed by atoms with van der Waals surface area (Å²) >= 11 is 7.96. The van der Waals surface area contributed by atoms with Crippen molar-refractivity contribution in [2.75, 3.05) is 0 Å². The summed E-state index contributed by atoms with van der Waals surface area (Å²) in [5, 5.41) is 9.47. The second-order valence-electron chi connectivity index (χ2n) is 3.98. The maximum Gasteiger partial charge on any atom is 0.225 e. The van der Waals surface area contributed by atoms with Gasteiger partial charge >= 0.3 is 0 Å². The van der Waals surface area contributed by atoms with Crippen molar-refractivity contribution in [1.82, 2.24) is 9.97 Å². The van der Waals surface area contributed by atoms with Crippen molar-refractivity contribution in [1.29, 1.82) is 0 Å². The Morgan fingerprint density at radius 3 is 2.90 bits per heavy atom. The zero-order valence-electron chi connectivity index (χ0n) is 10.8. The van der Waals surface area contributed by atoms with Crippen molar-refractivity contribution in [3.05, 3.63) is 35.5 Å². The third-order valence-electron chi connectivity index (χ3n) is 2.47. The maximum atomic E-state index is 13.7. The summed E-state index contributed by atoms with van der Waals surface area (Å²) in [4.78, 5) is 8.75. The zero-order chi connectivity index (χ0) is 15.4. The monoisotopic (exact) mass is 362 g/mol. The first-order valence-electron chi connectivity index (χ1n) is 5.66. The molecule has 0 unspecified atom stereocenters. The van der Waals surface area contributed by atoms with Gasteiger partial charge in [0.25, 0.3) is 0 Å². The van der Waals surface area contributed by atoms with E-state index in [1.165, 1.54) is 20.6 Å². The van der Waals surface area contributed by atoms with E-state index in [1.54, 1.807) is 12.3 Å². The van der Waals surface area contributed by atoms with E-state index in [-0.39, 0.29) is 23.1 Å². The highest BCUT2D eigenvalue weighted by Crippen LogP contribution is 2.39. The lowest BCUT2D eigenvalue weighted by Crippen LogP contribution is -2.03. The number of halogens is 1. The number of aryl methyl sites for hydroxylation is 1. The fourth-order valence-electron chi connectivity index (χ4n) is 1.49. The van der Waals surface area contributed by atoms with Crippen LogP contribution in [0.4, 0.5) is 4.39 Å². The van der Waals surface area contributed by atoms with E-state index in [2.05, 4.69) is 34.3 Å². The van der Waals surface area contributed by atoms with Crippen LogP contribution in [-0.2, 0) is 6.61 Å². The quantitative estimate of drug-likeness (QED) is 0.550. The maximum absolute atomic E-state index is 13.7. The second kappa shape index (κ2) is 7.48. The van der Waals surface area contributed by atoms with Gasteiger partial charge < -0.3 is 9.84 Å². The fraction of sp³-hybridized carbons (Fsp3) is 0.167. The van der Waals surface area contributed by atoms with Crippen LogP contribution >= 0.6 is 44.9 Å². The van der Waals surface area contributed by atoms with Crippen LogP contribution in [0.5, 0.6) is 11.6 Å². The summed E-state index contributed by atoms with van der Waals surface area (Å²) in [6, 6.07) is 2.85. The number of hydrogen-bond donors (Lipinski definition) is 3. The molecule has 0 atom stereocenters. The molecule has 2 rings (SSSR count). The average molecular weight is 362 g/mol. The smallest absolute Gasteiger partial charge is 0.225 e. The Balaban J connectivity index is 2.20. The van der Waals surface area contributed by atoms with Gasteiger partial charge in [0, 0.05) is 18.0 Å². The second-order valence-corrected chi connectivity index (χ2v) is 7.50. The molecule has 1 N–H and O–H groups in total. The van der Waals surface area contributed by atoms with Crippen molar-refractivity contribution in [2.45, 2.75) is 23.3 Å². The van der Waals surface area contributed by atoms with E-state index >= 15 is 0 Å². The molecule has 0 aromatic carbocycles. The molecular formula is C12H11FN2O2S4. The summed E-state index contributed by atoms with van der Waals surface area (Å²) in [7, 11) is 2.63. The van der Waals surface area contributed by atoms with Crippen LogP contribution < -0.4 is 4.74 Å². The number of thiol groups is 2. The molecule has 21 heavy (non-hydrogen) atoms. The Kier molecular flexibility index (Phi) is 5.91. The zero-order valence-corrected chi connectivity index (χ0v) is 14.2. The van der Waals surface area contributed by atoms with Crippen LogP contribution in [0.15, 0.2) is 28.1 Å². The molecule has 0 aliphatic heterocycles.